The first kappa shape index (κ1) is 56.2. The molecule has 28 heteroatoms. The SMILES string of the molecule is CC1COC2(CC1OC(=O)c1ccc(O)cc1)OC1C3C(CC(O)C1(O)C2=O)C(OC1OC(C)C(O)C(O)C1OC1OC(CO)C(O)C(OC2OC(C)C(O)C(O)C2O)C1OC1OC(C)C(O)C(O)C1O)CS3=O. The minimum atomic E-state index is -2.67. The smallest absolute Gasteiger partial charge is 0.338 e. The molecular formula is C46H66O27S. The number of aromatic hydroxyl groups is 1. The summed E-state index contributed by atoms with van der Waals surface area (Å²) in [5.74, 6) is -6.03. The number of aliphatic hydroxyl groups is 12. The van der Waals surface area contributed by atoms with Gasteiger partial charge in [-0.15, -0.1) is 0 Å². The molecule has 1 aliphatic carbocycles. The van der Waals surface area contributed by atoms with Gasteiger partial charge < -0.3 is 118 Å². The van der Waals surface area contributed by atoms with Gasteiger partial charge in [-0.3, -0.25) is 9.00 Å². The van der Waals surface area contributed by atoms with Crippen LogP contribution < -0.4 is 0 Å². The molecule has 27 nitrogen and oxygen atoms in total. The summed E-state index contributed by atoms with van der Waals surface area (Å²) in [6.07, 6.45) is -41.4. The topological polar surface area (TPSA) is 416 Å². The molecule has 74 heavy (non-hydrogen) atoms. The van der Waals surface area contributed by atoms with E-state index >= 15 is 0 Å². The van der Waals surface area contributed by atoms with Crippen LogP contribution in [0.2, 0.25) is 0 Å². The third-order valence-corrected chi connectivity index (χ3v) is 17.6. The molecule has 8 fully saturated rings. The molecule has 1 aromatic carbocycles. The molecule has 0 amide bonds. The number of hydrogen-bond donors (Lipinski definition) is 13. The largest absolute Gasteiger partial charge is 0.508 e. The molecule has 1 saturated carbocycles. The highest BCUT2D eigenvalue weighted by Crippen LogP contribution is 2.53. The molecule has 8 aliphatic rings. The first-order valence-corrected chi connectivity index (χ1v) is 25.9. The van der Waals surface area contributed by atoms with Gasteiger partial charge in [-0.05, 0) is 51.5 Å². The van der Waals surface area contributed by atoms with Crippen LogP contribution in [0.15, 0.2) is 24.3 Å². The predicted octanol–water partition coefficient (Wildman–Crippen LogP) is -6.38. The van der Waals surface area contributed by atoms with Crippen molar-refractivity contribution in [2.45, 2.75) is 204 Å². The van der Waals surface area contributed by atoms with Crippen molar-refractivity contribution in [3.63, 3.8) is 0 Å². The van der Waals surface area contributed by atoms with Gasteiger partial charge in [0.25, 0.3) is 0 Å². The number of carbonyl (C=O) groups is 2. The fraction of sp³-hybridized carbons (Fsp3) is 0.826. The molecule has 30 atom stereocenters. The summed E-state index contributed by atoms with van der Waals surface area (Å²) in [5.41, 5.74) is -2.58. The molecule has 7 aliphatic heterocycles. The van der Waals surface area contributed by atoms with E-state index < -0.39 is 218 Å². The Morgan fingerprint density at radius 2 is 1.22 bits per heavy atom. The maximum absolute atomic E-state index is 14.4. The molecule has 0 aromatic heterocycles. The van der Waals surface area contributed by atoms with Crippen LogP contribution in [-0.4, -0.2) is 265 Å². The van der Waals surface area contributed by atoms with Gasteiger partial charge in [-0.25, -0.2) is 4.79 Å². The average Bonchev–Trinajstić information content (AvgIpc) is 3.79. The minimum absolute atomic E-state index is 0.0886. The van der Waals surface area contributed by atoms with E-state index in [1.54, 1.807) is 6.92 Å². The van der Waals surface area contributed by atoms with Gasteiger partial charge in [-0.1, -0.05) is 6.92 Å². The van der Waals surface area contributed by atoms with Crippen molar-refractivity contribution in [3.8, 4) is 5.75 Å². The number of rotatable bonds is 11. The number of aliphatic hydroxyl groups excluding tert-OH is 11. The maximum atomic E-state index is 14.4. The van der Waals surface area contributed by atoms with E-state index in [9.17, 15) is 80.2 Å². The molecule has 7 saturated heterocycles. The van der Waals surface area contributed by atoms with E-state index in [-0.39, 0.29) is 23.7 Å². The first-order valence-electron chi connectivity index (χ1n) is 24.5. The Morgan fingerprint density at radius 3 is 1.81 bits per heavy atom. The van der Waals surface area contributed by atoms with Gasteiger partial charge in [0.2, 0.25) is 11.6 Å². The fourth-order valence-electron chi connectivity index (χ4n) is 11.2. The number of phenolic OH excluding ortho intramolecular Hbond substituents is 1. The van der Waals surface area contributed by atoms with E-state index in [0.717, 1.165) is 0 Å². The summed E-state index contributed by atoms with van der Waals surface area (Å²) in [6.45, 7) is 4.61. The Labute approximate surface area is 424 Å². The van der Waals surface area contributed by atoms with E-state index in [1.165, 1.54) is 45.0 Å². The van der Waals surface area contributed by atoms with Gasteiger partial charge in [0, 0.05) is 29.1 Å². The summed E-state index contributed by atoms with van der Waals surface area (Å²) in [5, 5.41) is 141. The third-order valence-electron chi connectivity index (χ3n) is 15.7. The molecule has 1 spiro atoms. The van der Waals surface area contributed by atoms with Crippen LogP contribution in [-0.2, 0) is 67.7 Å². The zero-order valence-electron chi connectivity index (χ0n) is 40.4. The number of phenols is 1. The zero-order valence-corrected chi connectivity index (χ0v) is 41.2. The fourth-order valence-corrected chi connectivity index (χ4v) is 13.3. The summed E-state index contributed by atoms with van der Waals surface area (Å²) in [7, 11) is -2.01. The van der Waals surface area contributed by atoms with Gasteiger partial charge in [-0.2, -0.15) is 0 Å². The van der Waals surface area contributed by atoms with Crippen molar-refractivity contribution in [1.29, 1.82) is 0 Å². The normalized spacial score (nSPS) is 52.6. The lowest BCUT2D eigenvalue weighted by molar-refractivity contribution is -0.408. The number of esters is 1. The number of ketones is 1. The number of fused-ring (bicyclic) bond motifs is 3. The molecular weight excluding hydrogens is 1020 g/mol. The number of carbonyl (C=O) groups excluding carboxylic acids is 2. The third kappa shape index (κ3) is 9.88. The Morgan fingerprint density at radius 1 is 0.676 bits per heavy atom. The summed E-state index contributed by atoms with van der Waals surface area (Å²) in [6, 6.07) is 5.26. The minimum Gasteiger partial charge on any atom is -0.508 e. The van der Waals surface area contributed by atoms with Gasteiger partial charge >= 0.3 is 5.97 Å². The Balaban J connectivity index is 0.977. The van der Waals surface area contributed by atoms with Crippen molar-refractivity contribution in [3.05, 3.63) is 29.8 Å². The van der Waals surface area contributed by atoms with E-state index in [4.69, 9.17) is 52.1 Å². The van der Waals surface area contributed by atoms with Crippen LogP contribution in [0, 0.1) is 11.8 Å². The second-order valence-corrected chi connectivity index (χ2v) is 22.2. The van der Waals surface area contributed by atoms with Crippen LogP contribution in [0.4, 0.5) is 0 Å². The molecule has 7 heterocycles. The van der Waals surface area contributed by atoms with Crippen molar-refractivity contribution < 1.29 is 132 Å². The van der Waals surface area contributed by atoms with E-state index in [1.807, 2.05) is 0 Å². The summed E-state index contributed by atoms with van der Waals surface area (Å²) in [4.78, 5) is 27.6. The molecule has 30 unspecified atom stereocenters. The molecule has 1 aromatic rings. The number of Topliss-reactive ketones (excluding diaryl/α,β-unsaturated/α-hetero) is 1. The second kappa shape index (κ2) is 21.6. The van der Waals surface area contributed by atoms with E-state index in [2.05, 4.69) is 0 Å². The first-order chi connectivity index (χ1) is 34.9. The summed E-state index contributed by atoms with van der Waals surface area (Å²) < 4.78 is 80.6. The van der Waals surface area contributed by atoms with Crippen LogP contribution >= 0.6 is 0 Å². The van der Waals surface area contributed by atoms with E-state index in [0.29, 0.717) is 0 Å². The molecule has 418 valence electrons. The molecule has 9 rings (SSSR count). The number of ether oxygens (including phenoxy) is 11. The average molecular weight is 1080 g/mol. The van der Waals surface area contributed by atoms with Crippen molar-refractivity contribution in [2.75, 3.05) is 19.0 Å². The quantitative estimate of drug-likeness (QED) is 0.0917. The van der Waals surface area contributed by atoms with Gasteiger partial charge in [0.15, 0.2) is 30.8 Å². The van der Waals surface area contributed by atoms with Crippen LogP contribution in [0.25, 0.3) is 0 Å². The highest BCUT2D eigenvalue weighted by atomic mass is 32.2. The highest BCUT2D eigenvalue weighted by Gasteiger charge is 2.75. The monoisotopic (exact) mass is 1080 g/mol. The van der Waals surface area contributed by atoms with Crippen molar-refractivity contribution in [2.24, 2.45) is 11.8 Å². The Hall–Kier alpha value is -2.57. The lowest BCUT2D eigenvalue weighted by Gasteiger charge is -2.50. The second-order valence-electron chi connectivity index (χ2n) is 20.6. The molecule has 0 bridgehead atoms. The van der Waals surface area contributed by atoms with Crippen LogP contribution in [0.5, 0.6) is 5.75 Å². The number of benzene rings is 1. The van der Waals surface area contributed by atoms with Crippen LogP contribution in [0.1, 0.15) is 50.9 Å². The van der Waals surface area contributed by atoms with Gasteiger partial charge in [0.05, 0.1) is 60.3 Å². The highest BCUT2D eigenvalue weighted by molar-refractivity contribution is 7.86. The summed E-state index contributed by atoms with van der Waals surface area (Å²) >= 11 is 0. The van der Waals surface area contributed by atoms with Crippen molar-refractivity contribution in [1.82, 2.24) is 0 Å². The van der Waals surface area contributed by atoms with Crippen molar-refractivity contribution >= 4 is 22.6 Å². The lowest BCUT2D eigenvalue weighted by atomic mass is 9.70. The van der Waals surface area contributed by atoms with Gasteiger partial charge in [0.1, 0.15) is 97.3 Å². The Kier molecular flexibility index (Phi) is 16.4. The molecule has 0 radical (unpaired) electrons. The van der Waals surface area contributed by atoms with Crippen LogP contribution in [0.3, 0.4) is 0 Å². The molecule has 13 N–H and O–H groups in total. The Bertz CT molecular complexity index is 2180. The zero-order chi connectivity index (χ0) is 53.6. The predicted molar refractivity (Wildman–Crippen MR) is 238 cm³/mol. The number of hydrogen-bond acceptors (Lipinski definition) is 27. The maximum Gasteiger partial charge on any atom is 0.338 e. The standard InChI is InChI=1S/C46H66O27S/c1-14-12-63-45(10-21(14)67-39(59)18-5-7-19(48)8-6-18)44(60)46(61)24(49)9-20-23(13-74(62)37(20)38(46)73-45)69-42-35(31(56)27(52)17(4)66-42)71-43-36(72-41-33(58)30(55)26(51)16(3)65-41)34(28(53)22(11-47)68-43)70-40-32(57)29(54)25(50)15(2)64-40/h5-8,14-17,20-38,40-43,47-58,61H,9-13H2,1-4H3. The lowest BCUT2D eigenvalue weighted by Crippen LogP contribution is -2.68.